The number of carbonyl (C=O) groups is 2. The fraction of sp³-hybridized carbons (Fsp3) is 0.294. The summed E-state index contributed by atoms with van der Waals surface area (Å²) in [5.74, 6) is 0.0682. The fourth-order valence-electron chi connectivity index (χ4n) is 5.78. The van der Waals surface area contributed by atoms with Gasteiger partial charge < -0.3 is 23.5 Å². The summed E-state index contributed by atoms with van der Waals surface area (Å²) < 4.78 is 25.6. The second kappa shape index (κ2) is 12.6. The van der Waals surface area contributed by atoms with Crippen molar-refractivity contribution in [3.8, 4) is 17.2 Å². The van der Waals surface area contributed by atoms with Crippen LogP contribution < -0.4 is 24.4 Å². The molecule has 0 radical (unpaired) electrons. The Morgan fingerprint density at radius 3 is 2.42 bits per heavy atom. The second-order valence-electron chi connectivity index (χ2n) is 10.5. The molecule has 45 heavy (non-hydrogen) atoms. The lowest BCUT2D eigenvalue weighted by Gasteiger charge is -2.26. The molecule has 1 atom stereocenters. The maximum atomic E-state index is 14.2. The number of hydrogen-bond donors (Lipinski definition) is 0. The van der Waals surface area contributed by atoms with Gasteiger partial charge in [-0.15, -0.1) is 0 Å². The van der Waals surface area contributed by atoms with Crippen molar-refractivity contribution in [1.29, 1.82) is 0 Å². The first-order valence-corrected chi connectivity index (χ1v) is 15.2. The van der Waals surface area contributed by atoms with E-state index < -0.39 is 18.0 Å². The van der Waals surface area contributed by atoms with Gasteiger partial charge >= 0.3 is 11.9 Å². The van der Waals surface area contributed by atoms with Crippen molar-refractivity contribution in [2.24, 2.45) is 4.99 Å². The summed E-state index contributed by atoms with van der Waals surface area (Å²) in [6.07, 6.45) is 1.84. The SMILES string of the molecule is CCOC(=O)C1=C(C)N=c2s/c(=C/c3cc(C)n(-c4cccc(C(=O)OC)c4C)c3C)c(=O)n2[C@H]1c1cc(OC)ccc1OC. The Bertz CT molecular complexity index is 2050. The second-order valence-corrected chi connectivity index (χ2v) is 11.5. The van der Waals surface area contributed by atoms with Gasteiger partial charge in [-0.05, 0) is 88.2 Å². The predicted octanol–water partition coefficient (Wildman–Crippen LogP) is 4.32. The lowest BCUT2D eigenvalue weighted by atomic mass is 9.94. The number of ether oxygens (including phenoxy) is 4. The molecule has 234 valence electrons. The van der Waals surface area contributed by atoms with Gasteiger partial charge in [0.05, 0.1) is 49.3 Å². The first kappa shape index (κ1) is 31.5. The number of benzene rings is 2. The number of nitrogens with zero attached hydrogens (tertiary/aromatic N) is 3. The number of aryl methyl sites for hydroxylation is 1. The summed E-state index contributed by atoms with van der Waals surface area (Å²) >= 11 is 1.24. The molecule has 0 unspecified atom stereocenters. The number of methoxy groups -OCH3 is 3. The van der Waals surface area contributed by atoms with Crippen molar-refractivity contribution < 1.29 is 28.5 Å². The van der Waals surface area contributed by atoms with E-state index in [0.29, 0.717) is 37.7 Å². The summed E-state index contributed by atoms with van der Waals surface area (Å²) in [5, 5.41) is 0. The molecule has 0 N–H and O–H groups in total. The topological polar surface area (TPSA) is 110 Å². The van der Waals surface area contributed by atoms with E-state index in [1.165, 1.54) is 30.1 Å². The summed E-state index contributed by atoms with van der Waals surface area (Å²) in [6.45, 7) is 9.45. The zero-order valence-electron chi connectivity index (χ0n) is 26.5. The van der Waals surface area contributed by atoms with Gasteiger partial charge in [0.15, 0.2) is 4.80 Å². The Kier molecular flexibility index (Phi) is 8.83. The molecule has 0 saturated carbocycles. The van der Waals surface area contributed by atoms with Crippen LogP contribution in [0.25, 0.3) is 11.8 Å². The number of hydrogen-bond acceptors (Lipinski definition) is 9. The zero-order valence-corrected chi connectivity index (χ0v) is 27.3. The summed E-state index contributed by atoms with van der Waals surface area (Å²) in [5.41, 5.74) is 5.72. The van der Waals surface area contributed by atoms with Gasteiger partial charge in [-0.1, -0.05) is 17.4 Å². The highest BCUT2D eigenvalue weighted by Gasteiger charge is 2.35. The number of carbonyl (C=O) groups excluding carboxylic acids is 2. The normalized spacial score (nSPS) is 14.6. The monoisotopic (exact) mass is 629 g/mol. The van der Waals surface area contributed by atoms with Crippen LogP contribution in [0.4, 0.5) is 0 Å². The Morgan fingerprint density at radius 1 is 1.00 bits per heavy atom. The molecular weight excluding hydrogens is 594 g/mol. The lowest BCUT2D eigenvalue weighted by Crippen LogP contribution is -2.40. The van der Waals surface area contributed by atoms with Crippen LogP contribution in [-0.4, -0.2) is 49.0 Å². The van der Waals surface area contributed by atoms with Crippen LogP contribution in [0.5, 0.6) is 11.5 Å². The maximum absolute atomic E-state index is 14.2. The first-order valence-electron chi connectivity index (χ1n) is 14.3. The van der Waals surface area contributed by atoms with Crippen molar-refractivity contribution >= 4 is 29.4 Å². The van der Waals surface area contributed by atoms with E-state index in [9.17, 15) is 14.4 Å². The number of thiazole rings is 1. The Morgan fingerprint density at radius 2 is 1.76 bits per heavy atom. The van der Waals surface area contributed by atoms with Gasteiger partial charge in [0.25, 0.3) is 5.56 Å². The van der Waals surface area contributed by atoms with Crippen molar-refractivity contribution in [2.75, 3.05) is 27.9 Å². The third-order valence-electron chi connectivity index (χ3n) is 7.96. The van der Waals surface area contributed by atoms with Crippen LogP contribution in [0.1, 0.15) is 58.3 Å². The Balaban J connectivity index is 1.72. The molecule has 10 nitrogen and oxygen atoms in total. The van der Waals surface area contributed by atoms with E-state index in [1.807, 2.05) is 45.0 Å². The van der Waals surface area contributed by atoms with E-state index in [0.717, 1.165) is 28.2 Å². The van der Waals surface area contributed by atoms with Gasteiger partial charge in [-0.2, -0.15) is 0 Å². The van der Waals surface area contributed by atoms with Crippen LogP contribution in [-0.2, 0) is 14.3 Å². The largest absolute Gasteiger partial charge is 0.497 e. The van der Waals surface area contributed by atoms with Crippen LogP contribution in [0.3, 0.4) is 0 Å². The summed E-state index contributed by atoms with van der Waals surface area (Å²) in [6, 6.07) is 11.9. The number of allylic oxidation sites excluding steroid dienone is 1. The zero-order chi connectivity index (χ0) is 32.6. The minimum Gasteiger partial charge on any atom is -0.497 e. The summed E-state index contributed by atoms with van der Waals surface area (Å²) in [7, 11) is 4.45. The average molecular weight is 630 g/mol. The van der Waals surface area contributed by atoms with E-state index >= 15 is 0 Å². The molecule has 0 bridgehead atoms. The first-order chi connectivity index (χ1) is 21.6. The molecular formula is C34H35N3O7S. The molecule has 4 aromatic rings. The third-order valence-corrected chi connectivity index (χ3v) is 8.94. The van der Waals surface area contributed by atoms with Gasteiger partial charge in [0, 0.05) is 22.6 Å². The lowest BCUT2D eigenvalue weighted by molar-refractivity contribution is -0.139. The highest BCUT2D eigenvalue weighted by atomic mass is 32.1. The van der Waals surface area contributed by atoms with Gasteiger partial charge in [0.2, 0.25) is 0 Å². The molecule has 3 heterocycles. The molecule has 0 amide bonds. The molecule has 0 aliphatic carbocycles. The highest BCUT2D eigenvalue weighted by molar-refractivity contribution is 7.07. The number of rotatable bonds is 8. The van der Waals surface area contributed by atoms with Gasteiger partial charge in [0.1, 0.15) is 17.5 Å². The van der Waals surface area contributed by atoms with Crippen LogP contribution >= 0.6 is 11.3 Å². The molecule has 11 heteroatoms. The van der Waals surface area contributed by atoms with Crippen LogP contribution in [0.2, 0.25) is 0 Å². The van der Waals surface area contributed by atoms with E-state index in [4.69, 9.17) is 18.9 Å². The predicted molar refractivity (Wildman–Crippen MR) is 171 cm³/mol. The molecule has 1 aliphatic rings. The molecule has 0 saturated heterocycles. The van der Waals surface area contributed by atoms with E-state index in [2.05, 4.69) is 9.56 Å². The van der Waals surface area contributed by atoms with Crippen molar-refractivity contribution in [3.05, 3.63) is 107 Å². The standard InChI is InChI=1S/C34H35N3O7S/c1-9-44-33(40)29-20(4)35-34-37(30(29)25-17-23(41-6)13-14-27(25)42-7)31(38)28(45-34)16-22-15-18(2)36(21(22)5)26-12-10-11-24(19(26)3)32(39)43-8/h10-17,30H,9H2,1-8H3/b28-16+/t30-/m0/s1. The molecule has 1 aliphatic heterocycles. The van der Waals surface area contributed by atoms with E-state index in [-0.39, 0.29) is 17.7 Å². The number of fused-ring (bicyclic) bond motifs is 1. The fourth-order valence-corrected chi connectivity index (χ4v) is 6.82. The average Bonchev–Trinajstić information content (AvgIpc) is 3.48. The molecule has 5 rings (SSSR count). The van der Waals surface area contributed by atoms with Crippen molar-refractivity contribution in [2.45, 2.75) is 40.7 Å². The minimum absolute atomic E-state index is 0.166. The number of esters is 2. The smallest absolute Gasteiger partial charge is 0.338 e. The van der Waals surface area contributed by atoms with Crippen molar-refractivity contribution in [3.63, 3.8) is 0 Å². The van der Waals surface area contributed by atoms with Gasteiger partial charge in [-0.3, -0.25) is 9.36 Å². The minimum atomic E-state index is -0.858. The quantitative estimate of drug-likeness (QED) is 0.267. The summed E-state index contributed by atoms with van der Waals surface area (Å²) in [4.78, 5) is 45.1. The molecule has 0 spiro atoms. The van der Waals surface area contributed by atoms with Crippen LogP contribution in [0, 0.1) is 20.8 Å². The Labute approximate surface area is 264 Å². The number of aromatic nitrogens is 2. The van der Waals surface area contributed by atoms with Gasteiger partial charge in [-0.25, -0.2) is 14.6 Å². The Hall–Kier alpha value is -4.90. The van der Waals surface area contributed by atoms with E-state index in [1.54, 1.807) is 45.2 Å². The maximum Gasteiger partial charge on any atom is 0.338 e. The third kappa shape index (κ3) is 5.48. The molecule has 2 aromatic heterocycles. The van der Waals surface area contributed by atoms with Crippen LogP contribution in [0.15, 0.2) is 63.5 Å². The highest BCUT2D eigenvalue weighted by Crippen LogP contribution is 2.38. The molecule has 0 fully saturated rings. The molecule has 2 aromatic carbocycles. The van der Waals surface area contributed by atoms with Crippen molar-refractivity contribution in [1.82, 2.24) is 9.13 Å².